The monoisotopic (exact) mass is 313 g/mol. The molecule has 0 radical (unpaired) electrons. The highest BCUT2D eigenvalue weighted by Gasteiger charge is 2.26. The zero-order valence-corrected chi connectivity index (χ0v) is 13.3. The molecule has 1 aliphatic rings. The van der Waals surface area contributed by atoms with Crippen LogP contribution in [0.15, 0.2) is 4.47 Å². The van der Waals surface area contributed by atoms with Crippen molar-refractivity contribution in [1.29, 1.82) is 0 Å². The van der Waals surface area contributed by atoms with Gasteiger partial charge in [0.05, 0.1) is 15.9 Å². The Kier molecular flexibility index (Phi) is 4.84. The molecule has 18 heavy (non-hydrogen) atoms. The average Bonchev–Trinajstić information content (AvgIpc) is 2.88. The summed E-state index contributed by atoms with van der Waals surface area (Å²) in [6, 6.07) is 0.739. The second-order valence-electron chi connectivity index (χ2n) is 5.50. The number of nitrogens with one attached hydrogen (secondary N) is 1. The zero-order valence-electron chi connectivity index (χ0n) is 11.7. The summed E-state index contributed by atoms with van der Waals surface area (Å²) in [4.78, 5) is 0. The van der Waals surface area contributed by atoms with Crippen LogP contribution < -0.4 is 5.32 Å². The van der Waals surface area contributed by atoms with Gasteiger partial charge < -0.3 is 5.32 Å². The van der Waals surface area contributed by atoms with E-state index in [4.69, 9.17) is 0 Å². The fourth-order valence-electron chi connectivity index (χ4n) is 2.97. The Hall–Kier alpha value is -0.350. The van der Waals surface area contributed by atoms with Crippen LogP contribution in [-0.2, 0) is 13.5 Å². The quantitative estimate of drug-likeness (QED) is 0.904. The molecular formula is C14H24BrN3. The van der Waals surface area contributed by atoms with Gasteiger partial charge in [0.25, 0.3) is 0 Å². The van der Waals surface area contributed by atoms with E-state index in [1.807, 2.05) is 4.68 Å². The summed E-state index contributed by atoms with van der Waals surface area (Å²) in [6.07, 6.45) is 6.38. The molecule has 0 bridgehead atoms. The summed E-state index contributed by atoms with van der Waals surface area (Å²) in [5.41, 5.74) is 2.46. The van der Waals surface area contributed by atoms with Gasteiger partial charge in [-0.15, -0.1) is 0 Å². The molecule has 2 unspecified atom stereocenters. The van der Waals surface area contributed by atoms with E-state index in [1.54, 1.807) is 0 Å². The van der Waals surface area contributed by atoms with E-state index in [1.165, 1.54) is 35.8 Å². The summed E-state index contributed by atoms with van der Waals surface area (Å²) >= 11 is 3.67. The van der Waals surface area contributed by atoms with Crippen molar-refractivity contribution in [3.8, 4) is 0 Å². The van der Waals surface area contributed by atoms with Gasteiger partial charge in [-0.3, -0.25) is 4.68 Å². The van der Waals surface area contributed by atoms with Gasteiger partial charge in [-0.05, 0) is 67.4 Å². The number of aryl methyl sites for hydroxylation is 2. The van der Waals surface area contributed by atoms with Crippen molar-refractivity contribution in [3.05, 3.63) is 15.9 Å². The van der Waals surface area contributed by atoms with Gasteiger partial charge in [-0.25, -0.2) is 0 Å². The minimum Gasteiger partial charge on any atom is -0.314 e. The number of hydrogen-bond acceptors (Lipinski definition) is 2. The summed E-state index contributed by atoms with van der Waals surface area (Å²) in [5.74, 6) is 0.811. The van der Waals surface area contributed by atoms with Gasteiger partial charge in [-0.2, -0.15) is 5.10 Å². The maximum absolute atomic E-state index is 4.48. The first kappa shape index (κ1) is 14.1. The number of aromatic nitrogens is 2. The first-order valence-corrected chi connectivity index (χ1v) is 7.82. The van der Waals surface area contributed by atoms with Gasteiger partial charge in [-0.1, -0.05) is 6.92 Å². The van der Waals surface area contributed by atoms with Crippen molar-refractivity contribution in [3.63, 3.8) is 0 Å². The molecule has 4 heteroatoms. The molecule has 102 valence electrons. The van der Waals surface area contributed by atoms with E-state index in [0.717, 1.165) is 30.6 Å². The lowest BCUT2D eigenvalue weighted by Crippen LogP contribution is -2.27. The van der Waals surface area contributed by atoms with Crippen LogP contribution in [0, 0.1) is 12.8 Å². The molecule has 0 aliphatic heterocycles. The Bertz CT molecular complexity index is 400. The third-order valence-corrected chi connectivity index (χ3v) is 5.00. The molecule has 0 amide bonds. The molecule has 1 aromatic heterocycles. The van der Waals surface area contributed by atoms with Crippen LogP contribution in [-0.4, -0.2) is 22.4 Å². The first-order valence-electron chi connectivity index (χ1n) is 7.03. The minimum atomic E-state index is 0.739. The summed E-state index contributed by atoms with van der Waals surface area (Å²) in [6.45, 7) is 5.45. The standard InChI is InChI=1S/C14H24BrN3/c1-4-7-16-12-6-5-11(8-12)9-13-14(15)10(2)17-18(13)3/h11-12,16H,4-9H2,1-3H3. The van der Waals surface area contributed by atoms with Crippen LogP contribution in [0.3, 0.4) is 0 Å². The number of halogens is 1. The fraction of sp³-hybridized carbons (Fsp3) is 0.786. The van der Waals surface area contributed by atoms with Crippen molar-refractivity contribution < 1.29 is 0 Å². The first-order chi connectivity index (χ1) is 8.61. The lowest BCUT2D eigenvalue weighted by atomic mass is 10.0. The lowest BCUT2D eigenvalue weighted by molar-refractivity contribution is 0.474. The fourth-order valence-corrected chi connectivity index (χ4v) is 3.47. The summed E-state index contributed by atoms with van der Waals surface area (Å²) in [7, 11) is 2.05. The Morgan fingerprint density at radius 3 is 2.83 bits per heavy atom. The zero-order chi connectivity index (χ0) is 13.1. The van der Waals surface area contributed by atoms with Crippen molar-refractivity contribution in [2.75, 3.05) is 6.54 Å². The third-order valence-electron chi connectivity index (χ3n) is 3.97. The van der Waals surface area contributed by atoms with Crippen LogP contribution in [0.4, 0.5) is 0 Å². The Morgan fingerprint density at radius 1 is 1.44 bits per heavy atom. The highest BCUT2D eigenvalue weighted by atomic mass is 79.9. The van der Waals surface area contributed by atoms with E-state index >= 15 is 0 Å². The van der Waals surface area contributed by atoms with Crippen LogP contribution in [0.1, 0.15) is 44.0 Å². The smallest absolute Gasteiger partial charge is 0.0738 e. The van der Waals surface area contributed by atoms with Gasteiger partial charge in [0.2, 0.25) is 0 Å². The summed E-state index contributed by atoms with van der Waals surface area (Å²) < 4.78 is 3.24. The topological polar surface area (TPSA) is 29.9 Å². The molecule has 0 saturated heterocycles. The maximum atomic E-state index is 4.48. The molecule has 0 spiro atoms. The van der Waals surface area contributed by atoms with Gasteiger partial charge in [0.15, 0.2) is 0 Å². The van der Waals surface area contributed by atoms with Crippen molar-refractivity contribution in [2.45, 2.75) is 52.0 Å². The number of nitrogens with zero attached hydrogens (tertiary/aromatic N) is 2. The van der Waals surface area contributed by atoms with E-state index < -0.39 is 0 Å². The average molecular weight is 314 g/mol. The molecule has 0 aromatic carbocycles. The molecule has 2 atom stereocenters. The SMILES string of the molecule is CCCNC1CCC(Cc2c(Br)c(C)nn2C)C1. The molecule has 1 fully saturated rings. The van der Waals surface area contributed by atoms with Crippen molar-refractivity contribution in [1.82, 2.24) is 15.1 Å². The Balaban J connectivity index is 1.91. The van der Waals surface area contributed by atoms with E-state index in [0.29, 0.717) is 0 Å². The highest BCUT2D eigenvalue weighted by molar-refractivity contribution is 9.10. The molecule has 2 rings (SSSR count). The minimum absolute atomic E-state index is 0.739. The predicted molar refractivity (Wildman–Crippen MR) is 78.8 cm³/mol. The van der Waals surface area contributed by atoms with Crippen molar-refractivity contribution >= 4 is 15.9 Å². The van der Waals surface area contributed by atoms with Crippen LogP contribution in [0.5, 0.6) is 0 Å². The predicted octanol–water partition coefficient (Wildman–Crippen LogP) is 3.20. The lowest BCUT2D eigenvalue weighted by Gasteiger charge is -2.13. The molecule has 1 N–H and O–H groups in total. The van der Waals surface area contributed by atoms with Crippen molar-refractivity contribution in [2.24, 2.45) is 13.0 Å². The van der Waals surface area contributed by atoms with Crippen LogP contribution in [0.25, 0.3) is 0 Å². The molecule has 1 aliphatic carbocycles. The molecule has 1 saturated carbocycles. The van der Waals surface area contributed by atoms with E-state index in [-0.39, 0.29) is 0 Å². The largest absolute Gasteiger partial charge is 0.314 e. The van der Waals surface area contributed by atoms with Crippen LogP contribution >= 0.6 is 15.9 Å². The second-order valence-corrected chi connectivity index (χ2v) is 6.30. The third kappa shape index (κ3) is 3.15. The normalized spacial score (nSPS) is 23.8. The number of hydrogen-bond donors (Lipinski definition) is 1. The Labute approximate surface area is 118 Å². The van der Waals surface area contributed by atoms with Gasteiger partial charge in [0.1, 0.15) is 0 Å². The van der Waals surface area contributed by atoms with Gasteiger partial charge in [0, 0.05) is 13.1 Å². The Morgan fingerprint density at radius 2 is 2.22 bits per heavy atom. The van der Waals surface area contributed by atoms with Crippen LogP contribution in [0.2, 0.25) is 0 Å². The van der Waals surface area contributed by atoms with E-state index in [9.17, 15) is 0 Å². The van der Waals surface area contributed by atoms with E-state index in [2.05, 4.69) is 47.2 Å². The molecule has 1 heterocycles. The maximum Gasteiger partial charge on any atom is 0.0738 e. The highest BCUT2D eigenvalue weighted by Crippen LogP contribution is 2.31. The molecule has 3 nitrogen and oxygen atoms in total. The number of rotatable bonds is 5. The summed E-state index contributed by atoms with van der Waals surface area (Å²) in [5, 5.41) is 8.12. The molecule has 1 aromatic rings. The molecular weight excluding hydrogens is 290 g/mol. The van der Waals surface area contributed by atoms with Gasteiger partial charge >= 0.3 is 0 Å². The second kappa shape index (κ2) is 6.20.